The van der Waals surface area contributed by atoms with Crippen molar-refractivity contribution in [2.24, 2.45) is 0 Å². The van der Waals surface area contributed by atoms with Crippen LogP contribution in [0.3, 0.4) is 0 Å². The lowest BCUT2D eigenvalue weighted by Gasteiger charge is -2.09. The van der Waals surface area contributed by atoms with Crippen LogP contribution in [-0.4, -0.2) is 25.4 Å². The van der Waals surface area contributed by atoms with Crippen molar-refractivity contribution in [1.29, 1.82) is 0 Å². The number of carbonyl (C=O) groups is 1. The third kappa shape index (κ3) is 5.41. The van der Waals surface area contributed by atoms with E-state index in [9.17, 15) is 4.79 Å². The van der Waals surface area contributed by atoms with Crippen LogP contribution in [0.1, 0.15) is 24.8 Å². The van der Waals surface area contributed by atoms with Gasteiger partial charge in [-0.1, -0.05) is 18.2 Å². The molecule has 0 fully saturated rings. The standard InChI is InChI=1S/C14H20ClNO2/c1-18-13-7-3-2-6-12(13)9-11-16-14(17)8-4-5-10-15/h2-3,6-7H,4-5,8-11H2,1H3,(H,16,17). The topological polar surface area (TPSA) is 38.3 Å². The number of benzene rings is 1. The van der Waals surface area contributed by atoms with Gasteiger partial charge in [-0.25, -0.2) is 0 Å². The summed E-state index contributed by atoms with van der Waals surface area (Å²) >= 11 is 5.56. The summed E-state index contributed by atoms with van der Waals surface area (Å²) in [6.45, 7) is 0.639. The van der Waals surface area contributed by atoms with E-state index >= 15 is 0 Å². The monoisotopic (exact) mass is 269 g/mol. The molecule has 0 saturated carbocycles. The molecule has 0 atom stereocenters. The van der Waals surface area contributed by atoms with E-state index in [2.05, 4.69) is 5.32 Å². The zero-order valence-corrected chi connectivity index (χ0v) is 11.5. The first-order valence-electron chi connectivity index (χ1n) is 6.22. The number of methoxy groups -OCH3 is 1. The van der Waals surface area contributed by atoms with E-state index in [0.29, 0.717) is 18.8 Å². The van der Waals surface area contributed by atoms with Gasteiger partial charge in [0.2, 0.25) is 5.91 Å². The van der Waals surface area contributed by atoms with Gasteiger partial charge in [-0.05, 0) is 30.9 Å². The highest BCUT2D eigenvalue weighted by molar-refractivity contribution is 6.17. The Bertz CT molecular complexity index is 369. The summed E-state index contributed by atoms with van der Waals surface area (Å²) in [6.07, 6.45) is 3.08. The van der Waals surface area contributed by atoms with Gasteiger partial charge < -0.3 is 10.1 Å². The molecule has 0 aromatic heterocycles. The summed E-state index contributed by atoms with van der Waals surface area (Å²) in [5.74, 6) is 1.58. The molecule has 100 valence electrons. The van der Waals surface area contributed by atoms with Crippen molar-refractivity contribution in [2.75, 3.05) is 19.5 Å². The van der Waals surface area contributed by atoms with E-state index in [4.69, 9.17) is 16.3 Å². The molecule has 0 saturated heterocycles. The maximum absolute atomic E-state index is 11.5. The maximum Gasteiger partial charge on any atom is 0.220 e. The van der Waals surface area contributed by atoms with Crippen molar-refractivity contribution in [3.8, 4) is 5.75 Å². The van der Waals surface area contributed by atoms with E-state index in [1.54, 1.807) is 7.11 Å². The van der Waals surface area contributed by atoms with E-state index in [1.165, 1.54) is 0 Å². The van der Waals surface area contributed by atoms with Gasteiger partial charge in [0.05, 0.1) is 7.11 Å². The van der Waals surface area contributed by atoms with Gasteiger partial charge in [0.1, 0.15) is 5.75 Å². The van der Waals surface area contributed by atoms with Gasteiger partial charge in [-0.3, -0.25) is 4.79 Å². The summed E-state index contributed by atoms with van der Waals surface area (Å²) in [6, 6.07) is 7.85. The lowest BCUT2D eigenvalue weighted by Crippen LogP contribution is -2.25. The number of hydrogen-bond acceptors (Lipinski definition) is 2. The number of alkyl halides is 1. The van der Waals surface area contributed by atoms with Gasteiger partial charge in [0.25, 0.3) is 0 Å². The Hall–Kier alpha value is -1.22. The second kappa shape index (κ2) is 8.81. The van der Waals surface area contributed by atoms with Gasteiger partial charge in [-0.2, -0.15) is 0 Å². The van der Waals surface area contributed by atoms with Gasteiger partial charge >= 0.3 is 0 Å². The Morgan fingerprint density at radius 3 is 2.83 bits per heavy atom. The molecule has 1 N–H and O–H groups in total. The average Bonchev–Trinajstić information content (AvgIpc) is 2.39. The fourth-order valence-electron chi connectivity index (χ4n) is 1.71. The number of para-hydroxylation sites is 1. The Morgan fingerprint density at radius 1 is 1.33 bits per heavy atom. The second-order valence-electron chi connectivity index (χ2n) is 4.06. The minimum absolute atomic E-state index is 0.0926. The number of hydrogen-bond donors (Lipinski definition) is 1. The minimum Gasteiger partial charge on any atom is -0.496 e. The van der Waals surface area contributed by atoms with Crippen molar-refractivity contribution >= 4 is 17.5 Å². The van der Waals surface area contributed by atoms with Crippen molar-refractivity contribution in [2.45, 2.75) is 25.7 Å². The normalized spacial score (nSPS) is 10.1. The van der Waals surface area contributed by atoms with E-state index in [-0.39, 0.29) is 5.91 Å². The summed E-state index contributed by atoms with van der Waals surface area (Å²) in [5.41, 5.74) is 1.11. The Morgan fingerprint density at radius 2 is 2.11 bits per heavy atom. The van der Waals surface area contributed by atoms with Crippen LogP contribution >= 0.6 is 11.6 Å². The van der Waals surface area contributed by atoms with Crippen molar-refractivity contribution in [1.82, 2.24) is 5.32 Å². The molecule has 3 nitrogen and oxygen atoms in total. The van der Waals surface area contributed by atoms with Crippen LogP contribution in [0.15, 0.2) is 24.3 Å². The first-order chi connectivity index (χ1) is 8.77. The number of amides is 1. The van der Waals surface area contributed by atoms with Crippen LogP contribution in [0.25, 0.3) is 0 Å². The van der Waals surface area contributed by atoms with E-state index in [0.717, 1.165) is 30.6 Å². The maximum atomic E-state index is 11.5. The summed E-state index contributed by atoms with van der Waals surface area (Å²) in [5, 5.41) is 2.90. The van der Waals surface area contributed by atoms with Crippen LogP contribution in [0, 0.1) is 0 Å². The second-order valence-corrected chi connectivity index (χ2v) is 4.44. The first kappa shape index (κ1) is 14.8. The predicted octanol–water partition coefficient (Wildman–Crippen LogP) is 2.76. The zero-order chi connectivity index (χ0) is 13.2. The molecule has 0 heterocycles. The van der Waals surface area contributed by atoms with Crippen LogP contribution in [0.4, 0.5) is 0 Å². The highest BCUT2D eigenvalue weighted by Gasteiger charge is 2.03. The fourth-order valence-corrected chi connectivity index (χ4v) is 1.90. The van der Waals surface area contributed by atoms with Gasteiger partial charge in [0.15, 0.2) is 0 Å². The Labute approximate surface area is 113 Å². The lowest BCUT2D eigenvalue weighted by atomic mass is 10.1. The number of halogens is 1. The molecule has 0 aliphatic carbocycles. The Balaban J connectivity index is 2.26. The highest BCUT2D eigenvalue weighted by Crippen LogP contribution is 2.17. The molecule has 1 amide bonds. The molecule has 0 bridgehead atoms. The number of nitrogens with one attached hydrogen (secondary N) is 1. The molecule has 0 radical (unpaired) electrons. The molecule has 0 aliphatic heterocycles. The van der Waals surface area contributed by atoms with Crippen LogP contribution in [0.2, 0.25) is 0 Å². The van der Waals surface area contributed by atoms with Gasteiger partial charge in [-0.15, -0.1) is 11.6 Å². The largest absolute Gasteiger partial charge is 0.496 e. The van der Waals surface area contributed by atoms with Crippen LogP contribution in [0.5, 0.6) is 5.75 Å². The first-order valence-corrected chi connectivity index (χ1v) is 6.76. The molecule has 4 heteroatoms. The van der Waals surface area contributed by atoms with Gasteiger partial charge in [0, 0.05) is 18.8 Å². The van der Waals surface area contributed by atoms with E-state index < -0.39 is 0 Å². The van der Waals surface area contributed by atoms with Crippen molar-refractivity contribution < 1.29 is 9.53 Å². The molecule has 1 aromatic rings. The number of rotatable bonds is 8. The van der Waals surface area contributed by atoms with Crippen LogP contribution < -0.4 is 10.1 Å². The zero-order valence-electron chi connectivity index (χ0n) is 10.7. The third-order valence-electron chi connectivity index (χ3n) is 2.70. The summed E-state index contributed by atoms with van der Waals surface area (Å²) in [4.78, 5) is 11.5. The minimum atomic E-state index is 0.0926. The van der Waals surface area contributed by atoms with E-state index in [1.807, 2.05) is 24.3 Å². The average molecular weight is 270 g/mol. The van der Waals surface area contributed by atoms with Crippen molar-refractivity contribution in [3.63, 3.8) is 0 Å². The highest BCUT2D eigenvalue weighted by atomic mass is 35.5. The SMILES string of the molecule is COc1ccccc1CCNC(=O)CCCCCl. The molecule has 1 aromatic carbocycles. The molecule has 0 aliphatic rings. The molecule has 0 unspecified atom stereocenters. The molecular weight excluding hydrogens is 250 g/mol. The molecule has 18 heavy (non-hydrogen) atoms. The smallest absolute Gasteiger partial charge is 0.220 e. The Kier molecular flexibility index (Phi) is 7.26. The summed E-state index contributed by atoms with van der Waals surface area (Å²) in [7, 11) is 1.66. The summed E-state index contributed by atoms with van der Waals surface area (Å²) < 4.78 is 5.25. The molecule has 0 spiro atoms. The molecule has 1 rings (SSSR count). The lowest BCUT2D eigenvalue weighted by molar-refractivity contribution is -0.121. The fraction of sp³-hybridized carbons (Fsp3) is 0.500. The number of unbranched alkanes of at least 4 members (excludes halogenated alkanes) is 1. The van der Waals surface area contributed by atoms with Crippen molar-refractivity contribution in [3.05, 3.63) is 29.8 Å². The number of ether oxygens (including phenoxy) is 1. The number of carbonyl (C=O) groups excluding carboxylic acids is 1. The van der Waals surface area contributed by atoms with Crippen LogP contribution in [-0.2, 0) is 11.2 Å². The third-order valence-corrected chi connectivity index (χ3v) is 2.96. The predicted molar refractivity (Wildman–Crippen MR) is 74.3 cm³/mol. The molecular formula is C14H20ClNO2. The quantitative estimate of drug-likeness (QED) is 0.582.